The van der Waals surface area contributed by atoms with Crippen LogP contribution in [-0.2, 0) is 14.3 Å². The number of aliphatic hydroxyl groups is 6. The van der Waals surface area contributed by atoms with Crippen molar-refractivity contribution in [3.63, 3.8) is 0 Å². The maximum Gasteiger partial charge on any atom is 0.249 e. The first-order valence-electron chi connectivity index (χ1n) is 24.8. The maximum atomic E-state index is 13.1. The van der Waals surface area contributed by atoms with Crippen LogP contribution in [-0.4, -0.2) is 98.7 Å². The second-order valence-electron chi connectivity index (χ2n) is 17.8. The molecule has 58 heavy (non-hydrogen) atoms. The Morgan fingerprint density at radius 1 is 0.517 bits per heavy atom. The molecule has 0 aliphatic carbocycles. The van der Waals surface area contributed by atoms with Crippen molar-refractivity contribution in [1.82, 2.24) is 5.32 Å². The number of nitrogens with one attached hydrogen (secondary N) is 1. The van der Waals surface area contributed by atoms with Crippen LogP contribution >= 0.6 is 0 Å². The average molecular weight is 830 g/mol. The molecule has 0 aromatic heterocycles. The van der Waals surface area contributed by atoms with Gasteiger partial charge in [0.25, 0.3) is 0 Å². The van der Waals surface area contributed by atoms with Crippen molar-refractivity contribution in [2.75, 3.05) is 13.2 Å². The standard InChI is InChI=1S/C48H95NO9/c1-3-5-7-9-11-13-15-17-18-19-20-21-22-23-24-25-27-29-31-33-35-37-42(52)47(56)49-40(39-57-48-46(55)45(54)44(53)43(38-50)58-48)41(51)36-34-32-30-28-26-16-14-12-10-8-6-4-2/h40-46,48,50-55H,3-39H2,1-2H3,(H,49,56). The second-order valence-corrected chi connectivity index (χ2v) is 17.8. The largest absolute Gasteiger partial charge is 0.394 e. The smallest absolute Gasteiger partial charge is 0.249 e. The number of rotatable bonds is 42. The molecule has 1 aliphatic rings. The van der Waals surface area contributed by atoms with Crippen LogP contribution in [0.4, 0.5) is 0 Å². The minimum atomic E-state index is -1.59. The highest BCUT2D eigenvalue weighted by molar-refractivity contribution is 5.80. The van der Waals surface area contributed by atoms with Gasteiger partial charge in [0.05, 0.1) is 25.4 Å². The third-order valence-electron chi connectivity index (χ3n) is 12.3. The van der Waals surface area contributed by atoms with E-state index in [0.29, 0.717) is 12.8 Å². The molecule has 1 amide bonds. The van der Waals surface area contributed by atoms with E-state index in [1.165, 1.54) is 167 Å². The summed E-state index contributed by atoms with van der Waals surface area (Å²) in [6, 6.07) is -0.887. The van der Waals surface area contributed by atoms with Gasteiger partial charge >= 0.3 is 0 Å². The molecule has 0 saturated carbocycles. The molecule has 0 bridgehead atoms. The lowest BCUT2D eigenvalue weighted by atomic mass is 9.99. The minimum absolute atomic E-state index is 0.250. The summed E-state index contributed by atoms with van der Waals surface area (Å²) in [5.41, 5.74) is 0. The average Bonchev–Trinajstić information content (AvgIpc) is 3.22. The lowest BCUT2D eigenvalue weighted by Gasteiger charge is -2.40. The number of carbonyl (C=O) groups is 1. The zero-order chi connectivity index (χ0) is 42.5. The van der Waals surface area contributed by atoms with Crippen molar-refractivity contribution < 1.29 is 44.9 Å². The predicted molar refractivity (Wildman–Crippen MR) is 237 cm³/mol. The molecular weight excluding hydrogens is 735 g/mol. The third kappa shape index (κ3) is 28.6. The van der Waals surface area contributed by atoms with Gasteiger partial charge in [-0.05, 0) is 12.8 Å². The van der Waals surface area contributed by atoms with E-state index < -0.39 is 61.5 Å². The van der Waals surface area contributed by atoms with E-state index in [4.69, 9.17) is 9.47 Å². The lowest BCUT2D eigenvalue weighted by molar-refractivity contribution is -0.302. The van der Waals surface area contributed by atoms with Gasteiger partial charge in [0, 0.05) is 0 Å². The number of amides is 1. The van der Waals surface area contributed by atoms with Crippen LogP contribution in [0.15, 0.2) is 0 Å². The monoisotopic (exact) mass is 830 g/mol. The van der Waals surface area contributed by atoms with Gasteiger partial charge in [-0.2, -0.15) is 0 Å². The summed E-state index contributed by atoms with van der Waals surface area (Å²) in [7, 11) is 0. The summed E-state index contributed by atoms with van der Waals surface area (Å²) in [6.07, 6.45) is 33.0. The summed E-state index contributed by atoms with van der Waals surface area (Å²) < 4.78 is 11.2. The van der Waals surface area contributed by atoms with E-state index in [9.17, 15) is 35.4 Å². The second kappa shape index (κ2) is 39.0. The van der Waals surface area contributed by atoms with Crippen molar-refractivity contribution in [1.29, 1.82) is 0 Å². The predicted octanol–water partition coefficient (Wildman–Crippen LogP) is 9.70. The fourth-order valence-electron chi connectivity index (χ4n) is 8.23. The van der Waals surface area contributed by atoms with Gasteiger partial charge in [-0.3, -0.25) is 4.79 Å². The first-order valence-corrected chi connectivity index (χ1v) is 24.8. The Morgan fingerprint density at radius 2 is 0.862 bits per heavy atom. The highest BCUT2D eigenvalue weighted by Gasteiger charge is 2.44. The number of hydrogen-bond acceptors (Lipinski definition) is 9. The number of carbonyl (C=O) groups excluding carboxylic acids is 1. The van der Waals surface area contributed by atoms with Gasteiger partial charge < -0.3 is 45.4 Å². The molecule has 1 aliphatic heterocycles. The first-order chi connectivity index (χ1) is 28.3. The van der Waals surface area contributed by atoms with E-state index >= 15 is 0 Å². The van der Waals surface area contributed by atoms with E-state index in [1.54, 1.807) is 0 Å². The van der Waals surface area contributed by atoms with Crippen LogP contribution in [0.1, 0.15) is 239 Å². The molecule has 1 rings (SSSR count). The number of ether oxygens (including phenoxy) is 2. The molecule has 1 heterocycles. The van der Waals surface area contributed by atoms with E-state index in [-0.39, 0.29) is 6.61 Å². The molecule has 0 aromatic rings. The summed E-state index contributed by atoms with van der Waals surface area (Å²) in [5, 5.41) is 64.9. The van der Waals surface area contributed by atoms with Gasteiger partial charge in [-0.25, -0.2) is 0 Å². The third-order valence-corrected chi connectivity index (χ3v) is 12.3. The molecular formula is C48H95NO9. The molecule has 10 nitrogen and oxygen atoms in total. The normalized spacial score (nSPS) is 21.3. The van der Waals surface area contributed by atoms with Crippen LogP contribution in [0.3, 0.4) is 0 Å². The summed E-state index contributed by atoms with van der Waals surface area (Å²) >= 11 is 0. The molecule has 10 heteroatoms. The molecule has 8 unspecified atom stereocenters. The van der Waals surface area contributed by atoms with Crippen molar-refractivity contribution in [3.05, 3.63) is 0 Å². The van der Waals surface area contributed by atoms with E-state index in [1.807, 2.05) is 0 Å². The van der Waals surface area contributed by atoms with Crippen molar-refractivity contribution in [2.45, 2.75) is 288 Å². The highest BCUT2D eigenvalue weighted by Crippen LogP contribution is 2.23. The maximum absolute atomic E-state index is 13.1. The summed E-state index contributed by atoms with van der Waals surface area (Å²) in [6.45, 7) is 3.68. The molecule has 1 saturated heterocycles. The van der Waals surface area contributed by atoms with E-state index in [2.05, 4.69) is 19.2 Å². The molecule has 8 atom stereocenters. The molecule has 7 N–H and O–H groups in total. The molecule has 346 valence electrons. The number of aliphatic hydroxyl groups excluding tert-OH is 6. The minimum Gasteiger partial charge on any atom is -0.394 e. The van der Waals surface area contributed by atoms with E-state index in [0.717, 1.165) is 44.9 Å². The quantitative estimate of drug-likeness (QED) is 0.0296. The molecule has 0 aromatic carbocycles. The fourth-order valence-corrected chi connectivity index (χ4v) is 8.23. The van der Waals surface area contributed by atoms with Crippen LogP contribution < -0.4 is 5.32 Å². The van der Waals surface area contributed by atoms with Gasteiger partial charge in [0.2, 0.25) is 5.91 Å². The molecule has 0 radical (unpaired) electrons. The van der Waals surface area contributed by atoms with Crippen LogP contribution in [0, 0.1) is 0 Å². The van der Waals surface area contributed by atoms with Gasteiger partial charge in [-0.15, -0.1) is 0 Å². The Labute approximate surface area is 356 Å². The topological polar surface area (TPSA) is 169 Å². The van der Waals surface area contributed by atoms with Crippen LogP contribution in [0.5, 0.6) is 0 Å². The Kier molecular flexibility index (Phi) is 37.1. The van der Waals surface area contributed by atoms with Gasteiger partial charge in [0.1, 0.15) is 30.5 Å². The molecule has 0 spiro atoms. The van der Waals surface area contributed by atoms with Crippen molar-refractivity contribution in [3.8, 4) is 0 Å². The fraction of sp³-hybridized carbons (Fsp3) is 0.979. The summed E-state index contributed by atoms with van der Waals surface area (Å²) in [4.78, 5) is 13.1. The van der Waals surface area contributed by atoms with Crippen LogP contribution in [0.25, 0.3) is 0 Å². The summed E-state index contributed by atoms with van der Waals surface area (Å²) in [5.74, 6) is -0.579. The van der Waals surface area contributed by atoms with Crippen LogP contribution in [0.2, 0.25) is 0 Å². The molecule has 1 fully saturated rings. The zero-order valence-electron chi connectivity index (χ0n) is 37.7. The Morgan fingerprint density at radius 3 is 1.22 bits per heavy atom. The highest BCUT2D eigenvalue weighted by atomic mass is 16.7. The van der Waals surface area contributed by atoms with Crippen molar-refractivity contribution >= 4 is 5.91 Å². The SMILES string of the molecule is CCCCCCCCCCCCCCCCCCCCCCCC(O)C(=O)NC(COC1OC(CO)C(O)C(O)C1O)C(O)CCCCCCCCCCCCCC. The Balaban J connectivity index is 2.29. The zero-order valence-corrected chi connectivity index (χ0v) is 37.7. The lowest BCUT2D eigenvalue weighted by Crippen LogP contribution is -2.60. The first kappa shape index (κ1) is 55.2. The van der Waals surface area contributed by atoms with Crippen molar-refractivity contribution in [2.24, 2.45) is 0 Å². The van der Waals surface area contributed by atoms with Gasteiger partial charge in [0.15, 0.2) is 6.29 Å². The number of unbranched alkanes of at least 4 members (excludes halogenated alkanes) is 31. The van der Waals surface area contributed by atoms with Gasteiger partial charge in [-0.1, -0.05) is 226 Å². The Bertz CT molecular complexity index is 895. The Hall–Kier alpha value is -0.850. The number of hydrogen-bond donors (Lipinski definition) is 7.